The molecule has 1 nitrogen and oxygen atoms in total. The summed E-state index contributed by atoms with van der Waals surface area (Å²) >= 11 is 0. The van der Waals surface area contributed by atoms with E-state index in [1.165, 1.54) is 0 Å². The minimum Gasteiger partial charge on any atom is -0.456 e. The van der Waals surface area contributed by atoms with E-state index in [0.29, 0.717) is 5.56 Å². The molecule has 0 atom stereocenters. The Balaban J connectivity index is 1.30. The number of fused-ring (bicyclic) bond motifs is 6. The molecule has 200 valence electrons. The minimum atomic E-state index is -0.482. The van der Waals surface area contributed by atoms with E-state index in [0.717, 1.165) is 65.7 Å². The number of rotatable bonds is 3. The zero-order chi connectivity index (χ0) is 34.4. The predicted octanol–water partition coefficient (Wildman–Crippen LogP) is 12.0. The molecule has 0 radical (unpaired) electrons. The first kappa shape index (κ1) is 18.0. The number of benzene rings is 8. The molecule has 9 aromatic rings. The molecular weight excluding hydrogens is 520 g/mol. The molecule has 0 unspecified atom stereocenters. The summed E-state index contributed by atoms with van der Waals surface area (Å²) in [5, 5.41) is 6.13. The van der Waals surface area contributed by atoms with E-state index in [4.69, 9.17) is 14.0 Å². The van der Waals surface area contributed by atoms with Gasteiger partial charge in [0, 0.05) is 10.8 Å². The van der Waals surface area contributed by atoms with Gasteiger partial charge in [-0.1, -0.05) is 127 Å². The number of para-hydroxylation sites is 1. The summed E-state index contributed by atoms with van der Waals surface area (Å²) in [6.07, 6.45) is 0. The monoisotopic (exact) mass is 553 g/mol. The van der Waals surface area contributed by atoms with Gasteiger partial charge in [-0.2, -0.15) is 0 Å². The van der Waals surface area contributed by atoms with Crippen LogP contribution in [0.3, 0.4) is 0 Å². The van der Waals surface area contributed by atoms with Gasteiger partial charge in [0.2, 0.25) is 0 Å². The Morgan fingerprint density at radius 3 is 1.70 bits per heavy atom. The molecule has 0 aliphatic rings. The molecule has 0 N–H and O–H groups in total. The highest BCUT2D eigenvalue weighted by Gasteiger charge is 2.18. The Kier molecular flexibility index (Phi) is 3.95. The Labute approximate surface area is 259 Å². The van der Waals surface area contributed by atoms with E-state index in [9.17, 15) is 0 Å². The van der Waals surface area contributed by atoms with Gasteiger partial charge in [-0.15, -0.1) is 0 Å². The number of hydrogen-bond donors (Lipinski definition) is 0. The van der Waals surface area contributed by atoms with Gasteiger partial charge in [-0.3, -0.25) is 0 Å². The molecule has 1 heteroatoms. The normalized spacial score (nSPS) is 14.0. The maximum Gasteiger partial charge on any atom is 0.136 e. The molecule has 0 amide bonds. The van der Waals surface area contributed by atoms with E-state index in [-0.39, 0.29) is 40.5 Å². The lowest BCUT2D eigenvalue weighted by Gasteiger charge is -2.18. The summed E-state index contributed by atoms with van der Waals surface area (Å²) < 4.78 is 66.4. The molecule has 43 heavy (non-hydrogen) atoms. The fourth-order valence-corrected chi connectivity index (χ4v) is 6.39. The van der Waals surface area contributed by atoms with Gasteiger partial charge < -0.3 is 4.42 Å². The van der Waals surface area contributed by atoms with Gasteiger partial charge >= 0.3 is 0 Å². The van der Waals surface area contributed by atoms with Crippen molar-refractivity contribution in [2.45, 2.75) is 0 Å². The van der Waals surface area contributed by atoms with E-state index in [1.54, 1.807) is 6.07 Å². The third-order valence-electron chi connectivity index (χ3n) is 8.29. The Bertz CT molecular complexity index is 2850. The van der Waals surface area contributed by atoms with Crippen LogP contribution in [-0.4, -0.2) is 0 Å². The molecule has 0 saturated carbocycles. The lowest BCUT2D eigenvalue weighted by atomic mass is 9.85. The zero-order valence-corrected chi connectivity index (χ0v) is 22.9. The molecule has 1 aromatic heterocycles. The van der Waals surface area contributed by atoms with Crippen molar-refractivity contribution in [2.75, 3.05) is 0 Å². The van der Waals surface area contributed by atoms with Crippen molar-refractivity contribution in [1.82, 2.24) is 0 Å². The SMILES string of the molecule is [2H]c1c([2H])c([2H])c2c([2H])c(-c3cccc(-c4c5ccccc5c(-c5ccc6c(c5)oc5ccccc56)c5ccccc45)c3)c([2H])c([2H])c2c1[2H]. The first-order chi connectivity index (χ1) is 24.2. The van der Waals surface area contributed by atoms with Crippen LogP contribution in [0.2, 0.25) is 0 Å². The van der Waals surface area contributed by atoms with E-state index in [1.807, 2.05) is 60.7 Å². The second kappa shape index (κ2) is 9.44. The van der Waals surface area contributed by atoms with Crippen molar-refractivity contribution in [3.05, 3.63) is 158 Å². The van der Waals surface area contributed by atoms with Gasteiger partial charge in [-0.05, 0) is 96.0 Å². The molecule has 1 heterocycles. The third-order valence-corrected chi connectivity index (χ3v) is 8.29. The van der Waals surface area contributed by atoms with Gasteiger partial charge in [0.15, 0.2) is 0 Å². The molecule has 0 aliphatic heterocycles. The third kappa shape index (κ3) is 3.79. The maximum atomic E-state index is 9.11. The summed E-state index contributed by atoms with van der Waals surface area (Å²) in [5.41, 5.74) is 6.30. The van der Waals surface area contributed by atoms with Gasteiger partial charge in [0.05, 0.1) is 9.60 Å². The largest absolute Gasteiger partial charge is 0.456 e. The van der Waals surface area contributed by atoms with Crippen LogP contribution < -0.4 is 0 Å². The van der Waals surface area contributed by atoms with Crippen molar-refractivity contribution in [3.63, 3.8) is 0 Å². The lowest BCUT2D eigenvalue weighted by molar-refractivity contribution is 0.669. The minimum absolute atomic E-state index is 0.0564. The predicted molar refractivity (Wildman–Crippen MR) is 183 cm³/mol. The highest BCUT2D eigenvalue weighted by Crippen LogP contribution is 2.45. The smallest absolute Gasteiger partial charge is 0.136 e. The summed E-state index contributed by atoms with van der Waals surface area (Å²) in [6.45, 7) is 0. The van der Waals surface area contributed by atoms with E-state index in [2.05, 4.69) is 48.5 Å². The van der Waals surface area contributed by atoms with Gasteiger partial charge in [0.25, 0.3) is 0 Å². The van der Waals surface area contributed by atoms with Crippen molar-refractivity contribution >= 4 is 54.3 Å². The molecular formula is C42H26O. The molecule has 0 fully saturated rings. The molecule has 0 saturated heterocycles. The van der Waals surface area contributed by atoms with Crippen LogP contribution in [0.15, 0.2) is 162 Å². The van der Waals surface area contributed by atoms with Crippen LogP contribution >= 0.6 is 0 Å². The van der Waals surface area contributed by atoms with Crippen molar-refractivity contribution in [2.24, 2.45) is 0 Å². The second-order valence-corrected chi connectivity index (χ2v) is 10.7. The van der Waals surface area contributed by atoms with Crippen LogP contribution in [-0.2, 0) is 0 Å². The lowest BCUT2D eigenvalue weighted by Crippen LogP contribution is -1.91. The highest BCUT2D eigenvalue weighted by molar-refractivity contribution is 6.22. The molecule has 8 aromatic carbocycles. The Morgan fingerprint density at radius 2 is 0.977 bits per heavy atom. The van der Waals surface area contributed by atoms with Crippen LogP contribution in [0.5, 0.6) is 0 Å². The average Bonchev–Trinajstić information content (AvgIpc) is 3.51. The summed E-state index contributed by atoms with van der Waals surface area (Å²) in [4.78, 5) is 0. The summed E-state index contributed by atoms with van der Waals surface area (Å²) in [6, 6.07) is 36.0. The van der Waals surface area contributed by atoms with Gasteiger partial charge in [-0.25, -0.2) is 0 Å². The van der Waals surface area contributed by atoms with Crippen LogP contribution in [0.25, 0.3) is 87.6 Å². The maximum absolute atomic E-state index is 9.11. The van der Waals surface area contributed by atoms with E-state index < -0.39 is 18.1 Å². The standard InChI is InChI=1S/C42H26O/c1-2-11-28-24-30(21-20-27(28)10-1)29-12-9-13-31(25-29)41-35-15-3-5-17-37(35)42(38-18-6-4-16-36(38)41)32-22-23-34-33-14-7-8-19-39(33)43-40(34)26-32/h1-26H/i1D,2D,10D,11D,20D,21D,24D. The topological polar surface area (TPSA) is 13.1 Å². The molecule has 0 bridgehead atoms. The number of hydrogen-bond acceptors (Lipinski definition) is 1. The number of furan rings is 1. The van der Waals surface area contributed by atoms with Gasteiger partial charge in [0.1, 0.15) is 11.2 Å². The summed E-state index contributed by atoms with van der Waals surface area (Å²) in [5.74, 6) is 0. The van der Waals surface area contributed by atoms with Crippen molar-refractivity contribution in [3.8, 4) is 33.4 Å². The zero-order valence-electron chi connectivity index (χ0n) is 29.9. The Morgan fingerprint density at radius 1 is 0.395 bits per heavy atom. The molecule has 9 rings (SSSR count). The van der Waals surface area contributed by atoms with E-state index >= 15 is 0 Å². The van der Waals surface area contributed by atoms with Crippen LogP contribution in [0, 0.1) is 0 Å². The van der Waals surface area contributed by atoms with Crippen LogP contribution in [0.4, 0.5) is 0 Å². The molecule has 0 spiro atoms. The summed E-state index contributed by atoms with van der Waals surface area (Å²) in [7, 11) is 0. The van der Waals surface area contributed by atoms with Crippen LogP contribution in [0.1, 0.15) is 9.60 Å². The fraction of sp³-hybridized carbons (Fsp3) is 0. The van der Waals surface area contributed by atoms with Crippen molar-refractivity contribution in [1.29, 1.82) is 0 Å². The quantitative estimate of drug-likeness (QED) is 0.198. The molecule has 0 aliphatic carbocycles. The Hall–Kier alpha value is -5.66. The first-order valence-corrected chi connectivity index (χ1v) is 14.2. The second-order valence-electron chi connectivity index (χ2n) is 10.7. The average molecular weight is 554 g/mol. The van der Waals surface area contributed by atoms with Crippen molar-refractivity contribution < 1.29 is 14.0 Å². The first-order valence-electron chi connectivity index (χ1n) is 17.7. The fourth-order valence-electron chi connectivity index (χ4n) is 6.39. The highest BCUT2D eigenvalue weighted by atomic mass is 16.3.